The molecular weight excluding hydrogens is 751 g/mol. The predicted octanol–water partition coefficient (Wildman–Crippen LogP) is 15.5. The van der Waals surface area contributed by atoms with Gasteiger partial charge in [0.25, 0.3) is 0 Å². The second-order valence-corrected chi connectivity index (χ2v) is 21.2. The largest absolute Gasteiger partial charge is 0.485 e. The molecule has 0 saturated heterocycles. The van der Waals surface area contributed by atoms with E-state index in [-0.39, 0.29) is 39.3 Å². The molecule has 0 spiro atoms. The minimum absolute atomic E-state index is 0.0644. The maximum atomic E-state index is 7.14. The van der Waals surface area contributed by atoms with Gasteiger partial charge >= 0.3 is 0 Å². The highest BCUT2D eigenvalue weighted by atomic mass is 31.1. The highest BCUT2D eigenvalue weighted by Gasteiger charge is 2.35. The van der Waals surface area contributed by atoms with Crippen LogP contribution < -0.4 is 18.5 Å². The standard InChI is InChI=1S/C52H64O4P2/c1-33-39(49(3,4)5)29-41(51(9,10)11)47(55-57-31-53-43-27-19-23-35-21-15-17-25-37(35)43)45(33)46-34(2)40(50(6,7)8)30-42(52(12,13)14)48(46)56-58-32-54-44-28-20-24-36-22-16-18-26-38(36)44/h15-30,57-58H,31-32H2,1-14H3. The summed E-state index contributed by atoms with van der Waals surface area (Å²) >= 11 is 0. The maximum absolute atomic E-state index is 7.14. The van der Waals surface area contributed by atoms with Gasteiger partial charge in [-0.15, -0.1) is 0 Å². The quantitative estimate of drug-likeness (QED) is 0.0964. The molecule has 0 bridgehead atoms. The van der Waals surface area contributed by atoms with Crippen LogP contribution in [0.3, 0.4) is 0 Å². The molecule has 0 aliphatic heterocycles. The Bertz CT molecular complexity index is 2240. The van der Waals surface area contributed by atoms with Gasteiger partial charge in [-0.25, -0.2) is 0 Å². The number of hydrogen-bond donors (Lipinski definition) is 0. The lowest BCUT2D eigenvalue weighted by Crippen LogP contribution is -2.22. The van der Waals surface area contributed by atoms with Crippen molar-refractivity contribution in [3.63, 3.8) is 0 Å². The lowest BCUT2D eigenvalue weighted by molar-refractivity contribution is 0.384. The van der Waals surface area contributed by atoms with Crippen molar-refractivity contribution in [2.75, 3.05) is 12.7 Å². The molecule has 0 aliphatic carbocycles. The molecule has 4 nitrogen and oxygen atoms in total. The number of hydrogen-bond acceptors (Lipinski definition) is 4. The van der Waals surface area contributed by atoms with Crippen LogP contribution in [0.25, 0.3) is 32.7 Å². The third-order valence-electron chi connectivity index (χ3n) is 11.0. The summed E-state index contributed by atoms with van der Waals surface area (Å²) in [6.45, 7) is 32.2. The Labute approximate surface area is 352 Å². The predicted molar refractivity (Wildman–Crippen MR) is 253 cm³/mol. The van der Waals surface area contributed by atoms with E-state index in [1.807, 2.05) is 12.1 Å². The van der Waals surface area contributed by atoms with Gasteiger partial charge in [0.15, 0.2) is 0 Å². The Morgan fingerprint density at radius 2 is 0.741 bits per heavy atom. The first-order valence-corrected chi connectivity index (χ1v) is 22.8. The summed E-state index contributed by atoms with van der Waals surface area (Å²) in [5, 5.41) is 4.53. The molecule has 0 N–H and O–H groups in total. The Kier molecular flexibility index (Phi) is 12.6. The van der Waals surface area contributed by atoms with E-state index in [0.29, 0.717) is 12.7 Å². The lowest BCUT2D eigenvalue weighted by atomic mass is 9.72. The van der Waals surface area contributed by atoms with E-state index >= 15 is 0 Å². The lowest BCUT2D eigenvalue weighted by Gasteiger charge is -2.35. The molecule has 6 rings (SSSR count). The second-order valence-electron chi connectivity index (χ2n) is 19.6. The Morgan fingerprint density at radius 1 is 0.414 bits per heavy atom. The molecule has 6 aromatic rings. The van der Waals surface area contributed by atoms with Crippen LogP contribution in [0.1, 0.15) is 116 Å². The van der Waals surface area contributed by atoms with Crippen molar-refractivity contribution in [1.82, 2.24) is 0 Å². The molecule has 2 atom stereocenters. The van der Waals surface area contributed by atoms with E-state index in [2.05, 4.69) is 182 Å². The van der Waals surface area contributed by atoms with Crippen molar-refractivity contribution < 1.29 is 18.5 Å². The Balaban J connectivity index is 1.51. The molecule has 0 aliphatic rings. The van der Waals surface area contributed by atoms with Crippen LogP contribution in [0, 0.1) is 13.8 Å². The van der Waals surface area contributed by atoms with Gasteiger partial charge in [0, 0.05) is 33.0 Å². The molecule has 0 heterocycles. The topological polar surface area (TPSA) is 36.9 Å². The highest BCUT2D eigenvalue weighted by Crippen LogP contribution is 2.54. The van der Waals surface area contributed by atoms with Gasteiger partial charge < -0.3 is 18.5 Å². The van der Waals surface area contributed by atoms with Gasteiger partial charge in [-0.3, -0.25) is 0 Å². The summed E-state index contributed by atoms with van der Waals surface area (Å²) in [5.74, 6) is 3.56. The van der Waals surface area contributed by atoms with Gasteiger partial charge in [0.1, 0.15) is 53.3 Å². The molecular formula is C52H64O4P2. The molecule has 0 aromatic heterocycles. The monoisotopic (exact) mass is 814 g/mol. The van der Waals surface area contributed by atoms with Gasteiger partial charge in [-0.2, -0.15) is 0 Å². The first kappa shape index (κ1) is 43.5. The van der Waals surface area contributed by atoms with Crippen molar-refractivity contribution in [2.24, 2.45) is 0 Å². The van der Waals surface area contributed by atoms with Crippen LogP contribution in [0.5, 0.6) is 23.0 Å². The zero-order valence-corrected chi connectivity index (χ0v) is 39.3. The molecule has 0 fully saturated rings. The smallest absolute Gasteiger partial charge is 0.140 e. The van der Waals surface area contributed by atoms with Gasteiger partial charge in [-0.1, -0.05) is 168 Å². The van der Waals surface area contributed by atoms with Crippen molar-refractivity contribution in [2.45, 2.75) is 119 Å². The summed E-state index contributed by atoms with van der Waals surface area (Å²) in [7, 11) is 0.129. The van der Waals surface area contributed by atoms with Crippen LogP contribution in [-0.4, -0.2) is 12.7 Å². The van der Waals surface area contributed by atoms with Crippen molar-refractivity contribution in [3.8, 4) is 34.1 Å². The summed E-state index contributed by atoms with van der Waals surface area (Å²) in [4.78, 5) is 0. The zero-order valence-electron chi connectivity index (χ0n) is 37.3. The molecule has 58 heavy (non-hydrogen) atoms. The van der Waals surface area contributed by atoms with E-state index in [1.54, 1.807) is 0 Å². The number of benzene rings is 6. The Morgan fingerprint density at radius 3 is 1.09 bits per heavy atom. The van der Waals surface area contributed by atoms with E-state index in [4.69, 9.17) is 18.5 Å². The van der Waals surface area contributed by atoms with Crippen LogP contribution in [0.4, 0.5) is 0 Å². The minimum atomic E-state index is -0.212. The fourth-order valence-electron chi connectivity index (χ4n) is 8.06. The minimum Gasteiger partial charge on any atom is -0.485 e. The van der Waals surface area contributed by atoms with E-state index in [9.17, 15) is 0 Å². The number of fused-ring (bicyclic) bond motifs is 2. The third kappa shape index (κ3) is 9.35. The van der Waals surface area contributed by atoms with E-state index in [1.165, 1.54) is 33.4 Å². The van der Waals surface area contributed by atoms with Gasteiger partial charge in [0.05, 0.1) is 0 Å². The van der Waals surface area contributed by atoms with Crippen LogP contribution >= 0.6 is 17.6 Å². The average molecular weight is 815 g/mol. The zero-order chi connectivity index (χ0) is 42.2. The molecule has 306 valence electrons. The summed E-state index contributed by atoms with van der Waals surface area (Å²) in [5.41, 5.74) is 8.96. The highest BCUT2D eigenvalue weighted by molar-refractivity contribution is 7.32. The fourth-order valence-corrected chi connectivity index (χ4v) is 9.32. The number of rotatable bonds is 11. The van der Waals surface area contributed by atoms with Crippen LogP contribution in [0.15, 0.2) is 97.1 Å². The van der Waals surface area contributed by atoms with Crippen molar-refractivity contribution >= 4 is 39.2 Å². The van der Waals surface area contributed by atoms with E-state index in [0.717, 1.165) is 55.7 Å². The maximum Gasteiger partial charge on any atom is 0.140 e. The van der Waals surface area contributed by atoms with Crippen LogP contribution in [-0.2, 0) is 21.7 Å². The molecule has 6 aromatic carbocycles. The second kappa shape index (κ2) is 16.9. The molecule has 0 saturated carbocycles. The van der Waals surface area contributed by atoms with Crippen molar-refractivity contribution in [1.29, 1.82) is 0 Å². The molecule has 2 unspecified atom stereocenters. The van der Waals surface area contributed by atoms with Crippen molar-refractivity contribution in [3.05, 3.63) is 130 Å². The first-order chi connectivity index (χ1) is 27.2. The summed E-state index contributed by atoms with van der Waals surface area (Å²) in [6.07, 6.45) is 0.864. The summed E-state index contributed by atoms with van der Waals surface area (Å²) < 4.78 is 27.2. The average Bonchev–Trinajstić information content (AvgIpc) is 3.13. The SMILES string of the molecule is Cc1c(C(C)(C)C)cc(C(C)(C)C)c(OPCOc2cccc3ccccc23)c1-c1c(C)c(C(C)(C)C)cc(C(C)(C)C)c1OPCOc1cccc2ccccc12. The third-order valence-corrected chi connectivity index (χ3v) is 12.2. The summed E-state index contributed by atoms with van der Waals surface area (Å²) in [6, 6.07) is 34.0. The molecule has 6 heteroatoms. The van der Waals surface area contributed by atoms with Gasteiger partial charge in [0.2, 0.25) is 0 Å². The molecule has 0 amide bonds. The fraction of sp³-hybridized carbons (Fsp3) is 0.385. The molecule has 0 radical (unpaired) electrons. The first-order valence-electron chi connectivity index (χ1n) is 20.6. The van der Waals surface area contributed by atoms with Crippen LogP contribution in [0.2, 0.25) is 0 Å². The van der Waals surface area contributed by atoms with E-state index < -0.39 is 0 Å². The normalized spacial score (nSPS) is 13.0. The Hall–Kier alpha value is -4.10. The number of ether oxygens (including phenoxy) is 2. The van der Waals surface area contributed by atoms with Gasteiger partial charge in [-0.05, 0) is 80.7 Å².